The number of nitrogens with zero attached hydrogens (tertiary/aromatic N) is 2. The summed E-state index contributed by atoms with van der Waals surface area (Å²) in [5, 5.41) is 0. The van der Waals surface area contributed by atoms with Crippen molar-refractivity contribution in [2.45, 2.75) is 162 Å². The maximum absolute atomic E-state index is 2.57. The number of hydrogen-bond acceptors (Lipinski definition) is 0. The molecule has 0 aliphatic heterocycles. The Morgan fingerprint density at radius 2 is 1.03 bits per heavy atom. The number of imidazole rings is 1. The molecule has 0 amide bonds. The lowest BCUT2D eigenvalue weighted by Gasteiger charge is -2.06. The molecular formula is C28H55N2+. The van der Waals surface area contributed by atoms with Crippen molar-refractivity contribution < 1.29 is 4.57 Å². The van der Waals surface area contributed by atoms with Gasteiger partial charge in [0.05, 0.1) is 13.1 Å². The Bertz CT molecular complexity index is 477. The zero-order chi connectivity index (χ0) is 21.7. The van der Waals surface area contributed by atoms with Gasteiger partial charge in [0, 0.05) is 6.42 Å². The minimum absolute atomic E-state index is 1.18. The molecule has 0 atom stereocenters. The summed E-state index contributed by atoms with van der Waals surface area (Å²) in [6, 6.07) is 0. The molecule has 0 saturated heterocycles. The highest BCUT2D eigenvalue weighted by Gasteiger charge is 2.15. The lowest BCUT2D eigenvalue weighted by molar-refractivity contribution is -0.703. The van der Waals surface area contributed by atoms with Crippen LogP contribution < -0.4 is 4.57 Å². The Labute approximate surface area is 189 Å². The van der Waals surface area contributed by atoms with Crippen molar-refractivity contribution in [1.29, 1.82) is 0 Å². The SMILES string of the molecule is CCCCCCCCCCCCCCn1cc[n+](CCC)c1CCCCCCCC. The molecule has 1 heterocycles. The highest BCUT2D eigenvalue weighted by atomic mass is 15.1. The number of unbranched alkanes of at least 4 members (excludes halogenated alkanes) is 16. The number of aromatic nitrogens is 2. The highest BCUT2D eigenvalue weighted by Crippen LogP contribution is 2.13. The lowest BCUT2D eigenvalue weighted by atomic mass is 10.1. The predicted molar refractivity (Wildman–Crippen MR) is 133 cm³/mol. The minimum atomic E-state index is 1.18. The van der Waals surface area contributed by atoms with E-state index in [2.05, 4.69) is 42.3 Å². The molecule has 0 spiro atoms. The van der Waals surface area contributed by atoms with Crippen molar-refractivity contribution in [2.75, 3.05) is 0 Å². The van der Waals surface area contributed by atoms with Gasteiger partial charge in [-0.15, -0.1) is 0 Å². The first-order chi connectivity index (χ1) is 14.8. The average Bonchev–Trinajstić information content (AvgIpc) is 3.13. The zero-order valence-corrected chi connectivity index (χ0v) is 21.1. The third kappa shape index (κ3) is 13.5. The maximum atomic E-state index is 2.57. The summed E-state index contributed by atoms with van der Waals surface area (Å²) >= 11 is 0. The molecule has 1 aromatic heterocycles. The van der Waals surface area contributed by atoms with E-state index in [4.69, 9.17) is 0 Å². The van der Waals surface area contributed by atoms with Crippen LogP contribution in [-0.4, -0.2) is 4.57 Å². The number of rotatable bonds is 22. The van der Waals surface area contributed by atoms with Crippen LogP contribution in [0.25, 0.3) is 0 Å². The van der Waals surface area contributed by atoms with Gasteiger partial charge in [-0.3, -0.25) is 0 Å². The molecule has 2 nitrogen and oxygen atoms in total. The standard InChI is InChI=1S/C28H55N2/c1-4-7-9-11-13-14-15-16-17-18-20-22-25-30-27-26-29(24-6-3)28(30)23-21-19-12-10-8-5-2/h26-27H,4-25H2,1-3H3/q+1. The predicted octanol–water partition coefficient (Wildman–Crippen LogP) is 8.79. The maximum Gasteiger partial charge on any atom is 0.256 e. The molecular weight excluding hydrogens is 364 g/mol. The van der Waals surface area contributed by atoms with Crippen LogP contribution in [0, 0.1) is 0 Å². The van der Waals surface area contributed by atoms with Crippen molar-refractivity contribution in [3.63, 3.8) is 0 Å². The molecule has 0 N–H and O–H groups in total. The van der Waals surface area contributed by atoms with Crippen LogP contribution in [0.2, 0.25) is 0 Å². The second-order valence-corrected chi connectivity index (χ2v) is 9.51. The lowest BCUT2D eigenvalue weighted by Crippen LogP contribution is -2.37. The van der Waals surface area contributed by atoms with E-state index in [9.17, 15) is 0 Å². The Morgan fingerprint density at radius 1 is 0.567 bits per heavy atom. The molecule has 176 valence electrons. The van der Waals surface area contributed by atoms with Crippen LogP contribution >= 0.6 is 0 Å². The van der Waals surface area contributed by atoms with E-state index < -0.39 is 0 Å². The normalized spacial score (nSPS) is 11.4. The van der Waals surface area contributed by atoms with Crippen LogP contribution in [0.5, 0.6) is 0 Å². The van der Waals surface area contributed by atoms with Crippen LogP contribution in [0.3, 0.4) is 0 Å². The van der Waals surface area contributed by atoms with Crippen LogP contribution in [0.15, 0.2) is 12.4 Å². The van der Waals surface area contributed by atoms with Crippen LogP contribution in [0.1, 0.15) is 149 Å². The first kappa shape index (κ1) is 27.2. The second-order valence-electron chi connectivity index (χ2n) is 9.51. The van der Waals surface area contributed by atoms with Crippen molar-refractivity contribution in [1.82, 2.24) is 4.57 Å². The molecule has 0 fully saturated rings. The van der Waals surface area contributed by atoms with Crippen molar-refractivity contribution >= 4 is 0 Å². The Morgan fingerprint density at radius 3 is 1.53 bits per heavy atom. The van der Waals surface area contributed by atoms with Gasteiger partial charge in [0.25, 0.3) is 5.82 Å². The van der Waals surface area contributed by atoms with E-state index in [1.54, 1.807) is 5.82 Å². The Balaban J connectivity index is 2.15. The first-order valence-electron chi connectivity index (χ1n) is 13.9. The van der Waals surface area contributed by atoms with Crippen molar-refractivity contribution in [3.8, 4) is 0 Å². The molecule has 0 aliphatic rings. The fraction of sp³-hybridized carbons (Fsp3) is 0.893. The van der Waals surface area contributed by atoms with Gasteiger partial charge >= 0.3 is 0 Å². The summed E-state index contributed by atoms with van der Waals surface area (Å²) in [5.41, 5.74) is 0. The molecule has 0 aliphatic carbocycles. The molecule has 0 unspecified atom stereocenters. The summed E-state index contributed by atoms with van der Waals surface area (Å²) in [6.45, 7) is 9.30. The van der Waals surface area contributed by atoms with Gasteiger partial charge in [-0.1, -0.05) is 117 Å². The van der Waals surface area contributed by atoms with E-state index in [0.29, 0.717) is 0 Å². The van der Waals surface area contributed by atoms with Crippen LogP contribution in [0.4, 0.5) is 0 Å². The quantitative estimate of drug-likeness (QED) is 0.131. The monoisotopic (exact) mass is 419 g/mol. The summed E-state index contributed by atoms with van der Waals surface area (Å²) in [7, 11) is 0. The molecule has 30 heavy (non-hydrogen) atoms. The van der Waals surface area contributed by atoms with Gasteiger partial charge in [0.2, 0.25) is 0 Å². The third-order valence-electron chi connectivity index (χ3n) is 6.56. The van der Waals surface area contributed by atoms with Gasteiger partial charge in [-0.05, 0) is 25.7 Å². The molecule has 2 heteroatoms. The molecule has 0 saturated carbocycles. The second kappa shape index (κ2) is 20.1. The van der Waals surface area contributed by atoms with E-state index in [1.807, 2.05) is 0 Å². The van der Waals surface area contributed by atoms with Crippen molar-refractivity contribution in [3.05, 3.63) is 18.2 Å². The van der Waals surface area contributed by atoms with Gasteiger partial charge in [0.1, 0.15) is 12.4 Å². The van der Waals surface area contributed by atoms with E-state index in [1.165, 1.54) is 142 Å². The summed E-state index contributed by atoms with van der Waals surface area (Å²) in [5.74, 6) is 1.58. The largest absolute Gasteiger partial charge is 0.256 e. The third-order valence-corrected chi connectivity index (χ3v) is 6.56. The molecule has 1 aromatic rings. The van der Waals surface area contributed by atoms with E-state index >= 15 is 0 Å². The Hall–Kier alpha value is -0.790. The number of hydrogen-bond donors (Lipinski definition) is 0. The van der Waals surface area contributed by atoms with Gasteiger partial charge < -0.3 is 0 Å². The highest BCUT2D eigenvalue weighted by molar-refractivity contribution is 4.84. The smallest absolute Gasteiger partial charge is 0.234 e. The summed E-state index contributed by atoms with van der Waals surface area (Å²) in [6.07, 6.45) is 32.7. The topological polar surface area (TPSA) is 8.81 Å². The summed E-state index contributed by atoms with van der Waals surface area (Å²) in [4.78, 5) is 0. The average molecular weight is 420 g/mol. The molecule has 1 rings (SSSR count). The molecule has 0 radical (unpaired) electrons. The van der Waals surface area contributed by atoms with Gasteiger partial charge in [0.15, 0.2) is 0 Å². The first-order valence-corrected chi connectivity index (χ1v) is 13.9. The minimum Gasteiger partial charge on any atom is -0.234 e. The fourth-order valence-corrected chi connectivity index (χ4v) is 4.62. The van der Waals surface area contributed by atoms with E-state index in [0.717, 1.165) is 0 Å². The molecule has 0 aromatic carbocycles. The van der Waals surface area contributed by atoms with Crippen molar-refractivity contribution in [2.24, 2.45) is 0 Å². The zero-order valence-electron chi connectivity index (χ0n) is 21.1. The van der Waals surface area contributed by atoms with Gasteiger partial charge in [-0.2, -0.15) is 0 Å². The fourth-order valence-electron chi connectivity index (χ4n) is 4.62. The number of aryl methyl sites for hydroxylation is 2. The van der Waals surface area contributed by atoms with E-state index in [-0.39, 0.29) is 0 Å². The molecule has 0 bridgehead atoms. The summed E-state index contributed by atoms with van der Waals surface area (Å²) < 4.78 is 5.09. The van der Waals surface area contributed by atoms with Crippen LogP contribution in [-0.2, 0) is 19.5 Å². The Kier molecular flexibility index (Phi) is 18.3. The van der Waals surface area contributed by atoms with Gasteiger partial charge in [-0.25, -0.2) is 9.13 Å².